The molecule has 0 aliphatic carbocycles. The highest BCUT2D eigenvalue weighted by atomic mass is 16.5. The summed E-state index contributed by atoms with van der Waals surface area (Å²) in [7, 11) is 0. The molecule has 0 bridgehead atoms. The molecule has 2 rings (SSSR count). The standard InChI is InChI=1S/C24H32N2O3/c1-6-21(23(28)25-24(3,4)5)26(16-19-12-8-7-9-13-19)22(27)17-29-20-14-10-11-18(2)15-20/h7-15,21H,6,16-17H2,1-5H3,(H,25,28)/t21-/m1/s1. The van der Waals surface area contributed by atoms with E-state index < -0.39 is 6.04 Å². The summed E-state index contributed by atoms with van der Waals surface area (Å²) in [6.45, 7) is 9.92. The van der Waals surface area contributed by atoms with E-state index in [1.165, 1.54) is 0 Å². The van der Waals surface area contributed by atoms with Gasteiger partial charge in [0.1, 0.15) is 11.8 Å². The average Bonchev–Trinajstić information content (AvgIpc) is 2.65. The highest BCUT2D eigenvalue weighted by molar-refractivity contribution is 5.88. The molecule has 2 amide bonds. The zero-order valence-electron chi connectivity index (χ0n) is 18.1. The van der Waals surface area contributed by atoms with Crippen molar-refractivity contribution in [1.29, 1.82) is 0 Å². The highest BCUT2D eigenvalue weighted by Gasteiger charge is 2.30. The summed E-state index contributed by atoms with van der Waals surface area (Å²) in [6, 6.07) is 16.7. The normalized spacial score (nSPS) is 12.2. The molecular weight excluding hydrogens is 364 g/mol. The molecule has 5 nitrogen and oxygen atoms in total. The van der Waals surface area contributed by atoms with Crippen molar-refractivity contribution in [1.82, 2.24) is 10.2 Å². The third-order valence-corrected chi connectivity index (χ3v) is 4.43. The van der Waals surface area contributed by atoms with Crippen LogP contribution in [0.3, 0.4) is 0 Å². The lowest BCUT2D eigenvalue weighted by molar-refractivity contribution is -0.143. The van der Waals surface area contributed by atoms with Crippen molar-refractivity contribution in [3.05, 3.63) is 65.7 Å². The fourth-order valence-corrected chi connectivity index (χ4v) is 3.09. The first-order valence-electron chi connectivity index (χ1n) is 10.0. The maximum absolute atomic E-state index is 13.1. The summed E-state index contributed by atoms with van der Waals surface area (Å²) in [4.78, 5) is 27.6. The molecule has 2 aromatic rings. The second kappa shape index (κ2) is 10.1. The van der Waals surface area contributed by atoms with Gasteiger partial charge in [0.2, 0.25) is 5.91 Å². The second-order valence-corrected chi connectivity index (χ2v) is 8.28. The van der Waals surface area contributed by atoms with Crippen molar-refractivity contribution in [3.63, 3.8) is 0 Å². The molecule has 0 fully saturated rings. The maximum atomic E-state index is 13.1. The van der Waals surface area contributed by atoms with Crippen LogP contribution in [0.25, 0.3) is 0 Å². The van der Waals surface area contributed by atoms with Crippen LogP contribution >= 0.6 is 0 Å². The monoisotopic (exact) mass is 396 g/mol. The van der Waals surface area contributed by atoms with Gasteiger partial charge in [-0.25, -0.2) is 0 Å². The Labute approximate surface area is 174 Å². The first kappa shape index (κ1) is 22.5. The van der Waals surface area contributed by atoms with E-state index >= 15 is 0 Å². The first-order chi connectivity index (χ1) is 13.7. The lowest BCUT2D eigenvalue weighted by Gasteiger charge is -2.33. The third-order valence-electron chi connectivity index (χ3n) is 4.43. The number of carbonyl (C=O) groups is 2. The minimum atomic E-state index is -0.567. The zero-order valence-corrected chi connectivity index (χ0v) is 18.1. The van der Waals surface area contributed by atoms with Gasteiger partial charge in [-0.1, -0.05) is 49.4 Å². The average molecular weight is 397 g/mol. The van der Waals surface area contributed by atoms with Crippen molar-refractivity contribution in [3.8, 4) is 5.75 Å². The number of ether oxygens (including phenoxy) is 1. The molecular formula is C24H32N2O3. The van der Waals surface area contributed by atoms with Crippen molar-refractivity contribution in [2.24, 2.45) is 0 Å². The number of nitrogens with zero attached hydrogens (tertiary/aromatic N) is 1. The van der Waals surface area contributed by atoms with Crippen molar-refractivity contribution in [2.45, 2.75) is 59.2 Å². The van der Waals surface area contributed by atoms with E-state index in [4.69, 9.17) is 4.74 Å². The molecule has 0 aliphatic rings. The summed E-state index contributed by atoms with van der Waals surface area (Å²) in [5.41, 5.74) is 1.66. The van der Waals surface area contributed by atoms with Gasteiger partial charge in [-0.3, -0.25) is 9.59 Å². The predicted molar refractivity (Wildman–Crippen MR) is 116 cm³/mol. The highest BCUT2D eigenvalue weighted by Crippen LogP contribution is 2.16. The number of hydrogen-bond acceptors (Lipinski definition) is 3. The van der Waals surface area contributed by atoms with Crippen molar-refractivity contribution < 1.29 is 14.3 Å². The smallest absolute Gasteiger partial charge is 0.261 e. The molecule has 0 unspecified atom stereocenters. The maximum Gasteiger partial charge on any atom is 0.261 e. The van der Waals surface area contributed by atoms with Crippen LogP contribution in [0.5, 0.6) is 5.75 Å². The molecule has 156 valence electrons. The van der Waals surface area contributed by atoms with E-state index in [-0.39, 0.29) is 24.0 Å². The largest absolute Gasteiger partial charge is 0.484 e. The van der Waals surface area contributed by atoms with Gasteiger partial charge in [-0.15, -0.1) is 0 Å². The number of rotatable bonds is 8. The first-order valence-corrected chi connectivity index (χ1v) is 10.0. The fraction of sp³-hybridized carbons (Fsp3) is 0.417. The summed E-state index contributed by atoms with van der Waals surface area (Å²) < 4.78 is 5.72. The van der Waals surface area contributed by atoms with Crippen LogP contribution in [-0.2, 0) is 16.1 Å². The summed E-state index contributed by atoms with van der Waals surface area (Å²) in [5.74, 6) is 0.274. The Morgan fingerprint density at radius 2 is 1.76 bits per heavy atom. The van der Waals surface area contributed by atoms with Crippen LogP contribution in [0.1, 0.15) is 45.2 Å². The van der Waals surface area contributed by atoms with Crippen molar-refractivity contribution >= 4 is 11.8 Å². The minimum absolute atomic E-state index is 0.115. The van der Waals surface area contributed by atoms with E-state index in [1.807, 2.05) is 89.2 Å². The number of hydrogen-bond donors (Lipinski definition) is 1. The molecule has 2 aromatic carbocycles. The molecule has 0 heterocycles. The number of carbonyl (C=O) groups excluding carboxylic acids is 2. The molecule has 0 spiro atoms. The van der Waals surface area contributed by atoms with Gasteiger partial charge in [0, 0.05) is 12.1 Å². The SMILES string of the molecule is CC[C@H](C(=O)NC(C)(C)C)N(Cc1ccccc1)C(=O)COc1cccc(C)c1. The Balaban J connectivity index is 2.20. The quantitative estimate of drug-likeness (QED) is 0.731. The molecule has 0 aromatic heterocycles. The van der Waals surface area contributed by atoms with Gasteiger partial charge in [-0.2, -0.15) is 0 Å². The third kappa shape index (κ3) is 7.26. The van der Waals surface area contributed by atoms with Crippen LogP contribution in [0.15, 0.2) is 54.6 Å². The van der Waals surface area contributed by atoms with E-state index in [2.05, 4.69) is 5.32 Å². The van der Waals surface area contributed by atoms with E-state index in [0.717, 1.165) is 11.1 Å². The van der Waals surface area contributed by atoms with Gasteiger partial charge in [0.05, 0.1) is 0 Å². The topological polar surface area (TPSA) is 58.6 Å². The predicted octanol–water partition coefficient (Wildman–Crippen LogP) is 4.10. The fourth-order valence-electron chi connectivity index (χ4n) is 3.09. The minimum Gasteiger partial charge on any atom is -0.484 e. The Morgan fingerprint density at radius 3 is 2.34 bits per heavy atom. The molecule has 5 heteroatoms. The molecule has 0 radical (unpaired) electrons. The Hall–Kier alpha value is -2.82. The number of amides is 2. The molecule has 0 saturated heterocycles. The van der Waals surface area contributed by atoms with E-state index in [0.29, 0.717) is 18.7 Å². The number of benzene rings is 2. The van der Waals surface area contributed by atoms with E-state index in [1.54, 1.807) is 4.90 Å². The molecule has 0 saturated carbocycles. The van der Waals surface area contributed by atoms with Gasteiger partial charge >= 0.3 is 0 Å². The number of nitrogens with one attached hydrogen (secondary N) is 1. The lowest BCUT2D eigenvalue weighted by atomic mass is 10.1. The van der Waals surface area contributed by atoms with Crippen LogP contribution < -0.4 is 10.1 Å². The molecule has 1 N–H and O–H groups in total. The summed E-state index contributed by atoms with van der Waals surface area (Å²) in [6.07, 6.45) is 0.519. The zero-order chi connectivity index (χ0) is 21.4. The Morgan fingerprint density at radius 1 is 1.07 bits per heavy atom. The lowest BCUT2D eigenvalue weighted by Crippen LogP contribution is -2.54. The number of aryl methyl sites for hydroxylation is 1. The van der Waals surface area contributed by atoms with Crippen LogP contribution in [-0.4, -0.2) is 34.9 Å². The molecule has 0 aliphatic heterocycles. The summed E-state index contributed by atoms with van der Waals surface area (Å²) in [5, 5.41) is 3.00. The van der Waals surface area contributed by atoms with Gasteiger partial charge < -0.3 is 15.0 Å². The Bertz CT molecular complexity index is 812. The Kier molecular flexibility index (Phi) is 7.82. The van der Waals surface area contributed by atoms with Gasteiger partial charge in [0.15, 0.2) is 6.61 Å². The van der Waals surface area contributed by atoms with Gasteiger partial charge in [0.25, 0.3) is 5.91 Å². The van der Waals surface area contributed by atoms with Crippen LogP contribution in [0, 0.1) is 6.92 Å². The van der Waals surface area contributed by atoms with Crippen LogP contribution in [0.2, 0.25) is 0 Å². The molecule has 29 heavy (non-hydrogen) atoms. The van der Waals surface area contributed by atoms with Crippen molar-refractivity contribution in [2.75, 3.05) is 6.61 Å². The molecule has 1 atom stereocenters. The van der Waals surface area contributed by atoms with E-state index in [9.17, 15) is 9.59 Å². The second-order valence-electron chi connectivity index (χ2n) is 8.28. The van der Waals surface area contributed by atoms with Crippen LogP contribution in [0.4, 0.5) is 0 Å². The summed E-state index contributed by atoms with van der Waals surface area (Å²) >= 11 is 0. The van der Waals surface area contributed by atoms with Gasteiger partial charge in [-0.05, 0) is 57.4 Å².